The van der Waals surface area contributed by atoms with Crippen LogP contribution < -0.4 is 5.32 Å². The van der Waals surface area contributed by atoms with Crippen LogP contribution in [0.4, 0.5) is 5.69 Å². The second-order valence-electron chi connectivity index (χ2n) is 2.63. The molecule has 0 bridgehead atoms. The molecule has 0 aliphatic rings. The molecule has 0 unspecified atom stereocenters. The summed E-state index contributed by atoms with van der Waals surface area (Å²) in [5.41, 5.74) is 3.50. The van der Waals surface area contributed by atoms with Crippen molar-refractivity contribution < 1.29 is 0 Å². The third-order valence-corrected chi connectivity index (χ3v) is 2.40. The lowest BCUT2D eigenvalue weighted by atomic mass is 10.3. The minimum atomic E-state index is 0.0933. The van der Waals surface area contributed by atoms with Gasteiger partial charge in [0.25, 0.3) is 0 Å². The van der Waals surface area contributed by atoms with Crippen LogP contribution in [-0.4, -0.2) is 16.1 Å². The standard InChI is InChI=1S/C10H15NSi/c1-12-9-5-8-11-10-6-3-2-4-7-10/h2-7,9,11H,8,12H2,1H3. The van der Waals surface area contributed by atoms with Gasteiger partial charge in [0.1, 0.15) is 0 Å². The largest absolute Gasteiger partial charge is 0.382 e. The molecule has 1 aromatic rings. The van der Waals surface area contributed by atoms with Crippen LogP contribution >= 0.6 is 0 Å². The smallest absolute Gasteiger partial charge is 0.0420 e. The van der Waals surface area contributed by atoms with Gasteiger partial charge in [-0.05, 0) is 12.1 Å². The maximum atomic E-state index is 3.31. The van der Waals surface area contributed by atoms with Gasteiger partial charge in [0.2, 0.25) is 0 Å². The number of hydrogen-bond acceptors (Lipinski definition) is 1. The summed E-state index contributed by atoms with van der Waals surface area (Å²) in [6.07, 6.45) is 2.21. The molecular formula is C10H15NSi. The number of para-hydroxylation sites is 1. The van der Waals surface area contributed by atoms with Crippen LogP contribution in [0.25, 0.3) is 0 Å². The van der Waals surface area contributed by atoms with Gasteiger partial charge in [-0.25, -0.2) is 0 Å². The Morgan fingerprint density at radius 3 is 2.75 bits per heavy atom. The van der Waals surface area contributed by atoms with E-state index in [4.69, 9.17) is 0 Å². The van der Waals surface area contributed by atoms with Crippen LogP contribution in [0.3, 0.4) is 0 Å². The molecule has 0 amide bonds. The van der Waals surface area contributed by atoms with Gasteiger partial charge in [0.05, 0.1) is 0 Å². The van der Waals surface area contributed by atoms with E-state index >= 15 is 0 Å². The summed E-state index contributed by atoms with van der Waals surface area (Å²) in [7, 11) is 0.0933. The Hall–Kier alpha value is -1.02. The number of anilines is 1. The highest BCUT2D eigenvalue weighted by molar-refractivity contribution is 6.40. The molecule has 0 radical (unpaired) electrons. The molecule has 1 N–H and O–H groups in total. The molecule has 1 nitrogen and oxygen atoms in total. The van der Waals surface area contributed by atoms with Crippen molar-refractivity contribution in [3.05, 3.63) is 42.1 Å². The van der Waals surface area contributed by atoms with Crippen molar-refractivity contribution in [2.75, 3.05) is 11.9 Å². The topological polar surface area (TPSA) is 12.0 Å². The fourth-order valence-corrected chi connectivity index (χ4v) is 1.48. The fraction of sp³-hybridized carbons (Fsp3) is 0.200. The Kier molecular flexibility index (Phi) is 4.24. The first-order valence-electron chi connectivity index (χ1n) is 4.37. The highest BCUT2D eigenvalue weighted by atomic mass is 28.2. The molecule has 0 atom stereocenters. The highest BCUT2D eigenvalue weighted by Crippen LogP contribution is 2.03. The number of nitrogens with one attached hydrogen (secondary N) is 1. The first kappa shape index (κ1) is 9.07. The Balaban J connectivity index is 2.29. The minimum Gasteiger partial charge on any atom is -0.382 e. The van der Waals surface area contributed by atoms with E-state index in [1.807, 2.05) is 18.2 Å². The second kappa shape index (κ2) is 5.60. The maximum absolute atomic E-state index is 3.31. The van der Waals surface area contributed by atoms with Crippen molar-refractivity contribution in [2.24, 2.45) is 0 Å². The van der Waals surface area contributed by atoms with Crippen molar-refractivity contribution in [1.82, 2.24) is 0 Å². The van der Waals surface area contributed by atoms with Gasteiger partial charge in [-0.2, -0.15) is 0 Å². The zero-order chi connectivity index (χ0) is 8.65. The lowest BCUT2D eigenvalue weighted by Crippen LogP contribution is -1.97. The lowest BCUT2D eigenvalue weighted by Gasteiger charge is -2.00. The highest BCUT2D eigenvalue weighted by Gasteiger charge is 1.83. The maximum Gasteiger partial charge on any atom is 0.0420 e. The lowest BCUT2D eigenvalue weighted by molar-refractivity contribution is 1.34. The van der Waals surface area contributed by atoms with E-state index < -0.39 is 0 Å². The number of rotatable bonds is 4. The summed E-state index contributed by atoms with van der Waals surface area (Å²) in [4.78, 5) is 0. The van der Waals surface area contributed by atoms with Gasteiger partial charge < -0.3 is 5.32 Å². The Morgan fingerprint density at radius 1 is 1.33 bits per heavy atom. The van der Waals surface area contributed by atoms with Crippen molar-refractivity contribution in [2.45, 2.75) is 6.55 Å². The molecule has 12 heavy (non-hydrogen) atoms. The van der Waals surface area contributed by atoms with Crippen molar-refractivity contribution >= 4 is 15.2 Å². The Bertz CT molecular complexity index is 231. The first-order valence-corrected chi connectivity index (χ1v) is 6.60. The monoisotopic (exact) mass is 177 g/mol. The van der Waals surface area contributed by atoms with Crippen molar-refractivity contribution in [1.29, 1.82) is 0 Å². The van der Waals surface area contributed by atoms with Gasteiger partial charge in [-0.3, -0.25) is 0 Å². The molecule has 0 saturated carbocycles. The molecular weight excluding hydrogens is 162 g/mol. The van der Waals surface area contributed by atoms with Gasteiger partial charge in [-0.1, -0.05) is 30.8 Å². The van der Waals surface area contributed by atoms with E-state index in [9.17, 15) is 0 Å². The van der Waals surface area contributed by atoms with Crippen molar-refractivity contribution in [3.8, 4) is 0 Å². The van der Waals surface area contributed by atoms with Crippen LogP contribution in [0.15, 0.2) is 42.1 Å². The quantitative estimate of drug-likeness (QED) is 0.692. The average molecular weight is 177 g/mol. The molecule has 0 aliphatic carbocycles. The first-order chi connectivity index (χ1) is 5.93. The predicted molar refractivity (Wildman–Crippen MR) is 58.5 cm³/mol. The van der Waals surface area contributed by atoms with Crippen LogP contribution in [0.2, 0.25) is 6.55 Å². The zero-order valence-electron chi connectivity index (χ0n) is 7.46. The summed E-state index contributed by atoms with van der Waals surface area (Å²) in [6, 6.07) is 10.3. The molecule has 2 heteroatoms. The molecule has 0 saturated heterocycles. The summed E-state index contributed by atoms with van der Waals surface area (Å²) in [5, 5.41) is 3.31. The molecule has 0 fully saturated rings. The number of benzene rings is 1. The van der Waals surface area contributed by atoms with Crippen LogP contribution in [0.1, 0.15) is 0 Å². The second-order valence-corrected chi connectivity index (χ2v) is 3.91. The normalized spacial score (nSPS) is 11.4. The third kappa shape index (κ3) is 3.39. The zero-order valence-corrected chi connectivity index (χ0v) is 8.87. The van der Waals surface area contributed by atoms with Crippen LogP contribution in [-0.2, 0) is 0 Å². The van der Waals surface area contributed by atoms with Gasteiger partial charge >= 0.3 is 0 Å². The molecule has 0 spiro atoms. The Labute approximate surface area is 76.3 Å². The molecule has 0 aliphatic heterocycles. The van der Waals surface area contributed by atoms with Gasteiger partial charge in [-0.15, -0.1) is 5.70 Å². The van der Waals surface area contributed by atoms with Crippen LogP contribution in [0.5, 0.6) is 0 Å². The van der Waals surface area contributed by atoms with Crippen LogP contribution in [0, 0.1) is 0 Å². The van der Waals surface area contributed by atoms with E-state index in [-0.39, 0.29) is 9.52 Å². The number of hydrogen-bond donors (Lipinski definition) is 1. The predicted octanol–water partition coefficient (Wildman–Crippen LogP) is 1.83. The summed E-state index contributed by atoms with van der Waals surface area (Å²) in [5.74, 6) is 0. The van der Waals surface area contributed by atoms with Gasteiger partial charge in [0, 0.05) is 21.8 Å². The van der Waals surface area contributed by atoms with E-state index in [0.29, 0.717) is 0 Å². The van der Waals surface area contributed by atoms with E-state index in [1.165, 1.54) is 5.69 Å². The summed E-state index contributed by atoms with van der Waals surface area (Å²) < 4.78 is 0. The summed E-state index contributed by atoms with van der Waals surface area (Å²) in [6.45, 7) is 3.23. The molecule has 0 heterocycles. The third-order valence-electron chi connectivity index (χ3n) is 1.60. The average Bonchev–Trinajstić information content (AvgIpc) is 2.14. The Morgan fingerprint density at radius 2 is 2.08 bits per heavy atom. The fourth-order valence-electron chi connectivity index (χ4n) is 0.983. The van der Waals surface area contributed by atoms with Gasteiger partial charge in [0.15, 0.2) is 0 Å². The molecule has 0 aromatic heterocycles. The molecule has 1 rings (SSSR count). The SMILES string of the molecule is C[SiH2]C=CCNc1ccccc1. The van der Waals surface area contributed by atoms with E-state index in [0.717, 1.165) is 6.54 Å². The van der Waals surface area contributed by atoms with E-state index in [1.54, 1.807) is 0 Å². The molecule has 1 aromatic carbocycles. The van der Waals surface area contributed by atoms with Crippen molar-refractivity contribution in [3.63, 3.8) is 0 Å². The molecule has 64 valence electrons. The summed E-state index contributed by atoms with van der Waals surface area (Å²) >= 11 is 0. The van der Waals surface area contributed by atoms with E-state index in [2.05, 4.69) is 35.8 Å². The minimum absolute atomic E-state index is 0.0933.